The first-order chi connectivity index (χ1) is 11.8. The van der Waals surface area contributed by atoms with Gasteiger partial charge in [0, 0.05) is 19.2 Å². The number of aryl methyl sites for hydroxylation is 3. The lowest BCUT2D eigenvalue weighted by atomic mass is 10.1. The van der Waals surface area contributed by atoms with E-state index in [1.165, 1.54) is 23.5 Å². The molecule has 8 heteroatoms. The van der Waals surface area contributed by atoms with Crippen molar-refractivity contribution in [2.75, 3.05) is 0 Å². The Bertz CT molecular complexity index is 1100. The molecule has 3 aromatic rings. The summed E-state index contributed by atoms with van der Waals surface area (Å²) in [5.41, 5.74) is 3.11. The zero-order valence-electron chi connectivity index (χ0n) is 13.7. The molecule has 0 aliphatic carbocycles. The van der Waals surface area contributed by atoms with Gasteiger partial charge in [0.25, 0.3) is 11.6 Å². The third kappa shape index (κ3) is 3.08. The Morgan fingerprint density at radius 2 is 2.00 bits per heavy atom. The molecule has 128 valence electrons. The summed E-state index contributed by atoms with van der Waals surface area (Å²) >= 11 is 7.40. The van der Waals surface area contributed by atoms with Crippen LogP contribution < -0.4 is 4.80 Å². The van der Waals surface area contributed by atoms with Crippen molar-refractivity contribution in [2.24, 2.45) is 12.0 Å². The molecular weight excluding hydrogens is 362 g/mol. The fraction of sp³-hybridized carbons (Fsp3) is 0.176. The molecule has 1 heterocycles. The summed E-state index contributed by atoms with van der Waals surface area (Å²) in [6.07, 6.45) is 0. The maximum atomic E-state index is 12.5. The van der Waals surface area contributed by atoms with Gasteiger partial charge in [-0.05, 0) is 37.1 Å². The van der Waals surface area contributed by atoms with Crippen LogP contribution in [0.2, 0.25) is 5.02 Å². The standard InChI is InChI=1S/C17H14ClN3O3S/c1-9-4-7-14-15(10(9)2)20(3)17(25-14)19-16(22)12-8-11(21(23)24)5-6-13(12)18/h4-8H,1-3H3. The minimum absolute atomic E-state index is 0.0150. The van der Waals surface area contributed by atoms with E-state index in [-0.39, 0.29) is 16.3 Å². The largest absolute Gasteiger partial charge is 0.319 e. The molecule has 2 aromatic carbocycles. The quantitative estimate of drug-likeness (QED) is 0.498. The second-order valence-electron chi connectivity index (χ2n) is 5.64. The molecule has 6 nitrogen and oxygen atoms in total. The predicted molar refractivity (Wildman–Crippen MR) is 98.3 cm³/mol. The Balaban J connectivity index is 2.16. The molecular formula is C17H14ClN3O3S. The van der Waals surface area contributed by atoms with Crippen molar-refractivity contribution in [1.29, 1.82) is 0 Å². The van der Waals surface area contributed by atoms with E-state index in [9.17, 15) is 14.9 Å². The van der Waals surface area contributed by atoms with E-state index in [0.29, 0.717) is 4.80 Å². The van der Waals surface area contributed by atoms with Crippen molar-refractivity contribution in [3.05, 3.63) is 67.0 Å². The molecule has 0 aliphatic heterocycles. The van der Waals surface area contributed by atoms with Crippen LogP contribution in [0, 0.1) is 24.0 Å². The Kier molecular flexibility index (Phi) is 4.45. The molecule has 0 aliphatic rings. The second-order valence-corrected chi connectivity index (χ2v) is 7.05. The van der Waals surface area contributed by atoms with Crippen LogP contribution in [-0.4, -0.2) is 15.4 Å². The molecule has 0 unspecified atom stereocenters. The van der Waals surface area contributed by atoms with Crippen molar-refractivity contribution in [1.82, 2.24) is 4.57 Å². The monoisotopic (exact) mass is 375 g/mol. The van der Waals surface area contributed by atoms with Gasteiger partial charge in [-0.2, -0.15) is 4.99 Å². The summed E-state index contributed by atoms with van der Waals surface area (Å²) in [6, 6.07) is 7.76. The summed E-state index contributed by atoms with van der Waals surface area (Å²) in [6.45, 7) is 4.05. The fourth-order valence-corrected chi connectivity index (χ4v) is 3.85. The summed E-state index contributed by atoms with van der Waals surface area (Å²) < 4.78 is 2.87. The number of hydrogen-bond acceptors (Lipinski definition) is 4. The number of aromatic nitrogens is 1. The Morgan fingerprint density at radius 3 is 2.68 bits per heavy atom. The molecule has 25 heavy (non-hydrogen) atoms. The first-order valence-electron chi connectivity index (χ1n) is 7.38. The van der Waals surface area contributed by atoms with E-state index in [0.717, 1.165) is 27.4 Å². The number of nitro groups is 1. The van der Waals surface area contributed by atoms with Gasteiger partial charge >= 0.3 is 0 Å². The highest BCUT2D eigenvalue weighted by atomic mass is 35.5. The van der Waals surface area contributed by atoms with E-state index in [4.69, 9.17) is 11.6 Å². The van der Waals surface area contributed by atoms with Crippen molar-refractivity contribution >= 4 is 44.7 Å². The maximum Gasteiger partial charge on any atom is 0.281 e. The zero-order chi connectivity index (χ0) is 18.3. The van der Waals surface area contributed by atoms with E-state index in [1.807, 2.05) is 37.6 Å². The third-order valence-corrected chi connectivity index (χ3v) is 5.50. The zero-order valence-corrected chi connectivity index (χ0v) is 15.3. The minimum atomic E-state index is -0.606. The maximum absolute atomic E-state index is 12.5. The number of thiazole rings is 1. The lowest BCUT2D eigenvalue weighted by Gasteiger charge is -2.03. The van der Waals surface area contributed by atoms with Crippen LogP contribution in [0.4, 0.5) is 5.69 Å². The first-order valence-corrected chi connectivity index (χ1v) is 8.57. The van der Waals surface area contributed by atoms with Gasteiger partial charge in [0.1, 0.15) is 0 Å². The number of carbonyl (C=O) groups excluding carboxylic acids is 1. The van der Waals surface area contributed by atoms with E-state index >= 15 is 0 Å². The third-order valence-electron chi connectivity index (χ3n) is 4.08. The van der Waals surface area contributed by atoms with Gasteiger partial charge in [-0.15, -0.1) is 0 Å². The summed E-state index contributed by atoms with van der Waals surface area (Å²) in [5, 5.41) is 11.0. The molecule has 1 amide bonds. The van der Waals surface area contributed by atoms with Gasteiger partial charge in [-0.25, -0.2) is 0 Å². The molecule has 0 fully saturated rings. The van der Waals surface area contributed by atoms with Crippen molar-refractivity contribution in [3.63, 3.8) is 0 Å². The van der Waals surface area contributed by atoms with Crippen LogP contribution in [-0.2, 0) is 7.05 Å². The van der Waals surface area contributed by atoms with Crippen LogP contribution in [0.5, 0.6) is 0 Å². The van der Waals surface area contributed by atoms with Crippen LogP contribution >= 0.6 is 22.9 Å². The van der Waals surface area contributed by atoms with Gasteiger partial charge in [0.05, 0.1) is 25.7 Å². The van der Waals surface area contributed by atoms with Gasteiger partial charge < -0.3 is 4.57 Å². The predicted octanol–water partition coefficient (Wildman–Crippen LogP) is 4.16. The highest BCUT2D eigenvalue weighted by Crippen LogP contribution is 2.24. The molecule has 0 saturated carbocycles. The second kappa shape index (κ2) is 6.42. The number of fused-ring (bicyclic) bond motifs is 1. The summed E-state index contributed by atoms with van der Waals surface area (Å²) in [5.74, 6) is -0.606. The average molecular weight is 376 g/mol. The Morgan fingerprint density at radius 1 is 1.28 bits per heavy atom. The summed E-state index contributed by atoms with van der Waals surface area (Å²) in [7, 11) is 1.84. The number of halogens is 1. The van der Waals surface area contributed by atoms with Gasteiger partial charge in [-0.1, -0.05) is 29.0 Å². The van der Waals surface area contributed by atoms with Crippen LogP contribution in [0.1, 0.15) is 21.5 Å². The van der Waals surface area contributed by atoms with Crippen molar-refractivity contribution in [3.8, 4) is 0 Å². The Hall–Kier alpha value is -2.51. The molecule has 0 atom stereocenters. The van der Waals surface area contributed by atoms with Gasteiger partial charge in [0.2, 0.25) is 0 Å². The van der Waals surface area contributed by atoms with Gasteiger partial charge in [-0.3, -0.25) is 14.9 Å². The van der Waals surface area contributed by atoms with Crippen LogP contribution in [0.15, 0.2) is 35.3 Å². The van der Waals surface area contributed by atoms with E-state index < -0.39 is 10.8 Å². The fourth-order valence-electron chi connectivity index (χ4n) is 2.57. The molecule has 0 bridgehead atoms. The number of non-ortho nitro benzene ring substituents is 1. The molecule has 0 saturated heterocycles. The van der Waals surface area contributed by atoms with Crippen molar-refractivity contribution < 1.29 is 9.72 Å². The lowest BCUT2D eigenvalue weighted by molar-refractivity contribution is -0.384. The number of hydrogen-bond donors (Lipinski definition) is 0. The molecule has 0 radical (unpaired) electrons. The average Bonchev–Trinajstić information content (AvgIpc) is 2.87. The SMILES string of the molecule is Cc1ccc2sc(=NC(=O)c3cc([N+](=O)[O-])ccc3Cl)n(C)c2c1C. The lowest BCUT2D eigenvalue weighted by Crippen LogP contribution is -2.14. The minimum Gasteiger partial charge on any atom is -0.319 e. The number of rotatable bonds is 2. The number of nitrogens with zero attached hydrogens (tertiary/aromatic N) is 3. The highest BCUT2D eigenvalue weighted by molar-refractivity contribution is 7.16. The number of nitro benzene ring substituents is 1. The van der Waals surface area contributed by atoms with Crippen LogP contribution in [0.25, 0.3) is 10.2 Å². The molecule has 0 spiro atoms. The Labute approximate surface area is 152 Å². The summed E-state index contributed by atoms with van der Waals surface area (Å²) in [4.78, 5) is 27.5. The highest BCUT2D eigenvalue weighted by Gasteiger charge is 2.16. The first kappa shape index (κ1) is 17.3. The smallest absolute Gasteiger partial charge is 0.281 e. The topological polar surface area (TPSA) is 77.5 Å². The van der Waals surface area contributed by atoms with E-state index in [2.05, 4.69) is 4.99 Å². The molecule has 1 aromatic heterocycles. The number of benzene rings is 2. The van der Waals surface area contributed by atoms with Crippen LogP contribution in [0.3, 0.4) is 0 Å². The normalized spacial score (nSPS) is 11.9. The molecule has 0 N–H and O–H groups in total. The number of carbonyl (C=O) groups is 1. The van der Waals surface area contributed by atoms with Gasteiger partial charge in [0.15, 0.2) is 4.80 Å². The van der Waals surface area contributed by atoms with E-state index in [1.54, 1.807) is 0 Å². The number of amides is 1. The van der Waals surface area contributed by atoms with Crippen molar-refractivity contribution in [2.45, 2.75) is 13.8 Å². The molecule has 3 rings (SSSR count).